The average molecular weight is 418 g/mol. The molecule has 6 heteroatoms. The average Bonchev–Trinajstić information content (AvgIpc) is 2.94. The van der Waals surface area contributed by atoms with Crippen molar-refractivity contribution in [2.75, 3.05) is 0 Å². The molecule has 2 saturated heterocycles. The van der Waals surface area contributed by atoms with Gasteiger partial charge < -0.3 is 18.6 Å². The molecule has 2 aliphatic rings. The summed E-state index contributed by atoms with van der Waals surface area (Å²) in [4.78, 5) is 0. The van der Waals surface area contributed by atoms with Gasteiger partial charge >= 0.3 is 14.2 Å². The molecule has 0 unspecified atom stereocenters. The molecule has 0 saturated carbocycles. The predicted octanol–water partition coefficient (Wildman–Crippen LogP) is 6.48. The molecular formula is C24H44B2O4. The SMILES string of the molecule is CCCC/C=C(B1OC(C)(C)C(C)(C)O1)/C(=C/B1OC(C)(C)C(C)(C)O1)CCCC. The molecule has 30 heavy (non-hydrogen) atoms. The van der Waals surface area contributed by atoms with Gasteiger partial charge in [0, 0.05) is 0 Å². The summed E-state index contributed by atoms with van der Waals surface area (Å²) in [5.74, 6) is 2.16. The van der Waals surface area contributed by atoms with Crippen LogP contribution >= 0.6 is 0 Å². The standard InChI is InChI=1S/C24H44B2O4/c1-11-13-15-17-20(26-29-23(7,8)24(9,10)30-26)19(16-14-12-2)18-25-27-21(3,4)22(5,6)28-25/h17-18H,11-16H2,1-10H3/b19-18+,20-17-. The lowest BCUT2D eigenvalue weighted by atomic mass is 9.69. The zero-order chi connectivity index (χ0) is 22.8. The van der Waals surface area contributed by atoms with Gasteiger partial charge in [0.25, 0.3) is 0 Å². The molecule has 0 atom stereocenters. The van der Waals surface area contributed by atoms with E-state index in [1.807, 2.05) is 0 Å². The van der Waals surface area contributed by atoms with E-state index in [1.54, 1.807) is 0 Å². The van der Waals surface area contributed by atoms with E-state index >= 15 is 0 Å². The highest BCUT2D eigenvalue weighted by atomic mass is 16.7. The molecule has 2 heterocycles. The summed E-state index contributed by atoms with van der Waals surface area (Å²) in [6, 6.07) is 0. The van der Waals surface area contributed by atoms with Crippen LogP contribution in [0.1, 0.15) is 108 Å². The molecule has 0 bridgehead atoms. The highest BCUT2D eigenvalue weighted by molar-refractivity contribution is 6.57. The first-order valence-electron chi connectivity index (χ1n) is 11.9. The molecule has 2 fully saturated rings. The third-order valence-corrected chi connectivity index (χ3v) is 7.21. The van der Waals surface area contributed by atoms with Crippen molar-refractivity contribution >= 4 is 14.2 Å². The Hall–Kier alpha value is -0.550. The Morgan fingerprint density at radius 3 is 1.63 bits per heavy atom. The third-order valence-electron chi connectivity index (χ3n) is 7.21. The minimum atomic E-state index is -0.364. The van der Waals surface area contributed by atoms with Crippen molar-refractivity contribution in [1.29, 1.82) is 0 Å². The molecule has 0 aromatic rings. The molecule has 2 aliphatic heterocycles. The van der Waals surface area contributed by atoms with Gasteiger partial charge in [-0.05, 0) is 80.1 Å². The lowest BCUT2D eigenvalue weighted by molar-refractivity contribution is 0.00578. The molecule has 0 spiro atoms. The normalized spacial score (nSPS) is 25.3. The highest BCUT2D eigenvalue weighted by Crippen LogP contribution is 2.42. The largest absolute Gasteiger partial charge is 0.494 e. The Morgan fingerprint density at radius 1 is 0.700 bits per heavy atom. The second-order valence-corrected chi connectivity index (χ2v) is 10.8. The summed E-state index contributed by atoms with van der Waals surface area (Å²) in [6.45, 7) is 21.3. The molecule has 2 rings (SSSR count). The summed E-state index contributed by atoms with van der Waals surface area (Å²) in [5, 5.41) is 0. The number of hydrogen-bond donors (Lipinski definition) is 0. The number of allylic oxidation sites excluding steroid dienone is 3. The van der Waals surface area contributed by atoms with Crippen LogP contribution in [-0.4, -0.2) is 36.6 Å². The van der Waals surface area contributed by atoms with Gasteiger partial charge in [0.05, 0.1) is 22.4 Å². The van der Waals surface area contributed by atoms with Crippen LogP contribution in [0.2, 0.25) is 0 Å². The summed E-state index contributed by atoms with van der Waals surface area (Å²) < 4.78 is 25.5. The van der Waals surface area contributed by atoms with E-state index in [9.17, 15) is 0 Å². The summed E-state index contributed by atoms with van der Waals surface area (Å²) in [6.07, 6.45) is 8.85. The minimum Gasteiger partial charge on any atom is -0.400 e. The molecule has 170 valence electrons. The Labute approximate surface area is 186 Å². The Morgan fingerprint density at radius 2 is 1.17 bits per heavy atom. The van der Waals surface area contributed by atoms with Gasteiger partial charge in [-0.2, -0.15) is 0 Å². The number of rotatable bonds is 9. The maximum atomic E-state index is 6.45. The fraction of sp³-hybridized carbons (Fsp3) is 0.833. The van der Waals surface area contributed by atoms with Gasteiger partial charge in [-0.1, -0.05) is 50.7 Å². The van der Waals surface area contributed by atoms with Crippen LogP contribution < -0.4 is 0 Å². The molecule has 0 N–H and O–H groups in total. The summed E-state index contributed by atoms with van der Waals surface area (Å²) in [7, 11) is -0.726. The smallest absolute Gasteiger partial charge is 0.400 e. The highest BCUT2D eigenvalue weighted by Gasteiger charge is 2.54. The van der Waals surface area contributed by atoms with Gasteiger partial charge in [0.2, 0.25) is 0 Å². The maximum absolute atomic E-state index is 6.45. The first kappa shape index (κ1) is 25.7. The molecule has 0 aromatic heterocycles. The van der Waals surface area contributed by atoms with E-state index in [-0.39, 0.29) is 36.6 Å². The van der Waals surface area contributed by atoms with Crippen LogP contribution in [0.25, 0.3) is 0 Å². The van der Waals surface area contributed by atoms with Crippen molar-refractivity contribution in [2.45, 2.75) is 130 Å². The Balaban J connectivity index is 2.39. The van der Waals surface area contributed by atoms with E-state index < -0.39 is 0 Å². The van der Waals surface area contributed by atoms with Crippen molar-refractivity contribution in [3.05, 3.63) is 23.1 Å². The molecule has 0 aromatic carbocycles. The fourth-order valence-corrected chi connectivity index (χ4v) is 3.62. The predicted molar refractivity (Wildman–Crippen MR) is 127 cm³/mol. The fourth-order valence-electron chi connectivity index (χ4n) is 3.62. The van der Waals surface area contributed by atoms with Gasteiger partial charge in [-0.3, -0.25) is 0 Å². The first-order valence-corrected chi connectivity index (χ1v) is 11.9. The Kier molecular flexibility index (Phi) is 8.16. The van der Waals surface area contributed by atoms with E-state index in [0.717, 1.165) is 37.6 Å². The van der Waals surface area contributed by atoms with Crippen molar-refractivity contribution < 1.29 is 18.6 Å². The van der Waals surface area contributed by atoms with Gasteiger partial charge in [0.1, 0.15) is 0 Å². The van der Waals surface area contributed by atoms with Crippen LogP contribution in [0.5, 0.6) is 0 Å². The quantitative estimate of drug-likeness (QED) is 0.244. The van der Waals surface area contributed by atoms with Crippen LogP contribution in [0.3, 0.4) is 0 Å². The van der Waals surface area contributed by atoms with Crippen molar-refractivity contribution in [2.24, 2.45) is 0 Å². The van der Waals surface area contributed by atoms with Crippen molar-refractivity contribution in [1.82, 2.24) is 0 Å². The molecule has 0 aliphatic carbocycles. The first-order chi connectivity index (χ1) is 13.8. The second-order valence-electron chi connectivity index (χ2n) is 10.8. The van der Waals surface area contributed by atoms with Crippen molar-refractivity contribution in [3.63, 3.8) is 0 Å². The van der Waals surface area contributed by atoms with Gasteiger partial charge in [-0.15, -0.1) is 0 Å². The minimum absolute atomic E-state index is 0.347. The topological polar surface area (TPSA) is 36.9 Å². The van der Waals surface area contributed by atoms with Crippen LogP contribution in [0.4, 0.5) is 0 Å². The molecule has 4 nitrogen and oxygen atoms in total. The monoisotopic (exact) mass is 418 g/mol. The zero-order valence-corrected chi connectivity index (χ0v) is 21.2. The number of unbranched alkanes of at least 4 members (excludes halogenated alkanes) is 3. The van der Waals surface area contributed by atoms with Crippen molar-refractivity contribution in [3.8, 4) is 0 Å². The van der Waals surface area contributed by atoms with Gasteiger partial charge in [0.15, 0.2) is 0 Å². The summed E-state index contributed by atoms with van der Waals surface area (Å²) in [5.41, 5.74) is 0.958. The van der Waals surface area contributed by atoms with Gasteiger partial charge in [-0.25, -0.2) is 0 Å². The second kappa shape index (κ2) is 9.52. The van der Waals surface area contributed by atoms with E-state index in [1.165, 1.54) is 12.0 Å². The summed E-state index contributed by atoms with van der Waals surface area (Å²) >= 11 is 0. The number of hydrogen-bond acceptors (Lipinski definition) is 4. The van der Waals surface area contributed by atoms with E-state index in [2.05, 4.69) is 81.3 Å². The lowest BCUT2D eigenvalue weighted by Gasteiger charge is -2.32. The lowest BCUT2D eigenvalue weighted by Crippen LogP contribution is -2.41. The molecule has 0 radical (unpaired) electrons. The maximum Gasteiger partial charge on any atom is 0.494 e. The Bertz CT molecular complexity index is 618. The third kappa shape index (κ3) is 5.62. The molecular weight excluding hydrogens is 374 g/mol. The van der Waals surface area contributed by atoms with Crippen LogP contribution in [0.15, 0.2) is 23.1 Å². The van der Waals surface area contributed by atoms with E-state index in [4.69, 9.17) is 18.6 Å². The zero-order valence-electron chi connectivity index (χ0n) is 21.2. The van der Waals surface area contributed by atoms with Crippen LogP contribution in [0, 0.1) is 0 Å². The molecule has 0 amide bonds. The van der Waals surface area contributed by atoms with Crippen LogP contribution in [-0.2, 0) is 18.6 Å². The van der Waals surface area contributed by atoms with E-state index in [0.29, 0.717) is 0 Å².